The summed E-state index contributed by atoms with van der Waals surface area (Å²) in [5, 5.41) is 9.51. The lowest BCUT2D eigenvalue weighted by atomic mass is 9.94. The van der Waals surface area contributed by atoms with Crippen LogP contribution in [0.4, 0.5) is 5.88 Å². The Morgan fingerprint density at radius 3 is 2.61 bits per heavy atom. The summed E-state index contributed by atoms with van der Waals surface area (Å²) in [5.41, 5.74) is 1.33. The number of piperidine rings is 1. The van der Waals surface area contributed by atoms with Crippen molar-refractivity contribution >= 4 is 11.8 Å². The summed E-state index contributed by atoms with van der Waals surface area (Å²) in [7, 11) is 0. The first kappa shape index (κ1) is 21.3. The topological polar surface area (TPSA) is 95.7 Å². The first-order chi connectivity index (χ1) is 16.1. The van der Waals surface area contributed by atoms with E-state index in [-0.39, 0.29) is 29.7 Å². The van der Waals surface area contributed by atoms with E-state index >= 15 is 0 Å². The van der Waals surface area contributed by atoms with Gasteiger partial charge in [0.15, 0.2) is 5.76 Å². The van der Waals surface area contributed by atoms with Gasteiger partial charge in [0.25, 0.3) is 5.89 Å². The van der Waals surface area contributed by atoms with E-state index in [1.54, 1.807) is 12.1 Å². The zero-order valence-electron chi connectivity index (χ0n) is 18.5. The Bertz CT molecular complexity index is 1130. The number of amides is 1. The Balaban J connectivity index is 1.24. The Labute approximate surface area is 192 Å². The lowest BCUT2D eigenvalue weighted by Gasteiger charge is -2.40. The van der Waals surface area contributed by atoms with Gasteiger partial charge < -0.3 is 23.4 Å². The van der Waals surface area contributed by atoms with Crippen molar-refractivity contribution in [2.75, 3.05) is 31.1 Å². The van der Waals surface area contributed by atoms with Crippen LogP contribution in [0.3, 0.4) is 0 Å². The molecule has 2 aromatic heterocycles. The molecular weight excluding hydrogens is 420 g/mol. The normalized spacial score (nSPS) is 21.7. The Morgan fingerprint density at radius 2 is 1.91 bits per heavy atom. The van der Waals surface area contributed by atoms with Crippen molar-refractivity contribution in [2.24, 2.45) is 5.92 Å². The number of hydrogen-bond donors (Lipinski definition) is 0. The molecule has 2 aliphatic heterocycles. The van der Waals surface area contributed by atoms with E-state index in [2.05, 4.69) is 11.1 Å². The largest absolute Gasteiger partial charge is 0.459 e. The average molecular weight is 447 g/mol. The van der Waals surface area contributed by atoms with Gasteiger partial charge in [-0.05, 0) is 37.5 Å². The number of aromatic nitrogens is 1. The lowest BCUT2D eigenvalue weighted by Crippen LogP contribution is -2.50. The predicted octanol–water partition coefficient (Wildman–Crippen LogP) is 4.01. The van der Waals surface area contributed by atoms with E-state index in [1.807, 2.05) is 47.1 Å². The minimum atomic E-state index is -0.105. The van der Waals surface area contributed by atoms with Gasteiger partial charge in [-0.1, -0.05) is 30.3 Å². The summed E-state index contributed by atoms with van der Waals surface area (Å²) in [6.07, 6.45) is 2.81. The summed E-state index contributed by atoms with van der Waals surface area (Å²) in [6.45, 7) is 4.44. The van der Waals surface area contributed by atoms with Gasteiger partial charge in [-0.25, -0.2) is 0 Å². The fourth-order valence-corrected chi connectivity index (χ4v) is 4.68. The third-order valence-corrected chi connectivity index (χ3v) is 6.32. The van der Waals surface area contributed by atoms with E-state index in [4.69, 9.17) is 13.6 Å². The second-order valence-electron chi connectivity index (χ2n) is 8.61. The Kier molecular flexibility index (Phi) is 5.88. The second-order valence-corrected chi connectivity index (χ2v) is 8.61. The van der Waals surface area contributed by atoms with Gasteiger partial charge in [0.1, 0.15) is 12.2 Å². The zero-order chi connectivity index (χ0) is 22.8. The number of carbonyl (C=O) groups excluding carboxylic acids is 1. The predicted molar refractivity (Wildman–Crippen MR) is 120 cm³/mol. The monoisotopic (exact) mass is 446 g/mol. The number of nitriles is 1. The van der Waals surface area contributed by atoms with Crippen molar-refractivity contribution in [3.63, 3.8) is 0 Å². The van der Waals surface area contributed by atoms with Crippen molar-refractivity contribution in [1.29, 1.82) is 5.26 Å². The SMILES string of the molecule is CC1CN(C(=O)C2CCN(c3oc(-c4ccco4)nc3C#N)CC2)CC(c2ccccc2)O1. The summed E-state index contributed by atoms with van der Waals surface area (Å²) in [4.78, 5) is 21.6. The molecule has 8 heteroatoms. The van der Waals surface area contributed by atoms with Crippen LogP contribution < -0.4 is 4.90 Å². The number of benzene rings is 1. The molecule has 1 aromatic carbocycles. The molecule has 3 aromatic rings. The van der Waals surface area contributed by atoms with Gasteiger partial charge in [0.2, 0.25) is 17.5 Å². The molecule has 0 spiro atoms. The number of hydrogen-bond acceptors (Lipinski definition) is 7. The number of carbonyl (C=O) groups is 1. The highest BCUT2D eigenvalue weighted by atomic mass is 16.5. The van der Waals surface area contributed by atoms with Crippen LogP contribution in [0, 0.1) is 17.2 Å². The van der Waals surface area contributed by atoms with Crippen molar-refractivity contribution < 1.29 is 18.4 Å². The lowest BCUT2D eigenvalue weighted by molar-refractivity contribution is -0.149. The van der Waals surface area contributed by atoms with Crippen molar-refractivity contribution in [3.8, 4) is 17.7 Å². The van der Waals surface area contributed by atoms with Crippen LogP contribution >= 0.6 is 0 Å². The molecule has 1 amide bonds. The third kappa shape index (κ3) is 4.37. The van der Waals surface area contributed by atoms with E-state index in [0.29, 0.717) is 56.6 Å². The number of morpholine rings is 1. The summed E-state index contributed by atoms with van der Waals surface area (Å²) in [5.74, 6) is 1.34. The van der Waals surface area contributed by atoms with Crippen LogP contribution in [-0.4, -0.2) is 48.1 Å². The highest BCUT2D eigenvalue weighted by Gasteiger charge is 2.35. The highest BCUT2D eigenvalue weighted by molar-refractivity contribution is 5.79. The molecule has 2 saturated heterocycles. The summed E-state index contributed by atoms with van der Waals surface area (Å²) >= 11 is 0. The maximum absolute atomic E-state index is 13.4. The number of rotatable bonds is 4. The molecular formula is C25H26N4O4. The van der Waals surface area contributed by atoms with Crippen LogP contribution in [-0.2, 0) is 9.53 Å². The molecule has 0 N–H and O–H groups in total. The second kappa shape index (κ2) is 9.12. The Morgan fingerprint density at radius 1 is 1.12 bits per heavy atom. The van der Waals surface area contributed by atoms with Crippen LogP contribution in [0.2, 0.25) is 0 Å². The van der Waals surface area contributed by atoms with Gasteiger partial charge in [0, 0.05) is 25.6 Å². The molecule has 8 nitrogen and oxygen atoms in total. The van der Waals surface area contributed by atoms with Gasteiger partial charge in [0.05, 0.1) is 18.9 Å². The summed E-state index contributed by atoms with van der Waals surface area (Å²) < 4.78 is 17.3. The van der Waals surface area contributed by atoms with Crippen LogP contribution in [0.15, 0.2) is 57.6 Å². The van der Waals surface area contributed by atoms with Gasteiger partial charge in [-0.15, -0.1) is 0 Å². The van der Waals surface area contributed by atoms with E-state index < -0.39 is 0 Å². The molecule has 0 aliphatic carbocycles. The molecule has 5 rings (SSSR count). The van der Waals surface area contributed by atoms with Crippen molar-refractivity contribution in [3.05, 3.63) is 60.0 Å². The smallest absolute Gasteiger partial charge is 0.266 e. The Hall–Kier alpha value is -3.57. The van der Waals surface area contributed by atoms with Gasteiger partial charge in [-0.3, -0.25) is 4.79 Å². The van der Waals surface area contributed by atoms with Crippen molar-refractivity contribution in [1.82, 2.24) is 9.88 Å². The molecule has 33 heavy (non-hydrogen) atoms. The molecule has 4 heterocycles. The maximum Gasteiger partial charge on any atom is 0.266 e. The first-order valence-electron chi connectivity index (χ1n) is 11.3. The summed E-state index contributed by atoms with van der Waals surface area (Å²) in [6, 6.07) is 15.7. The fourth-order valence-electron chi connectivity index (χ4n) is 4.68. The molecule has 0 bridgehead atoms. The number of furan rings is 1. The van der Waals surface area contributed by atoms with E-state index in [9.17, 15) is 10.1 Å². The van der Waals surface area contributed by atoms with Gasteiger partial charge in [-0.2, -0.15) is 10.2 Å². The number of oxazole rings is 1. The first-order valence-corrected chi connectivity index (χ1v) is 11.3. The standard InChI is InChI=1S/C25H26N4O4/c1-17-15-29(16-22(32-17)18-6-3-2-4-7-18)24(30)19-9-11-28(12-10-19)25-20(14-26)27-23(33-25)21-8-5-13-31-21/h2-8,13,17,19,22H,9-12,15-16H2,1H3. The quantitative estimate of drug-likeness (QED) is 0.597. The van der Waals surface area contributed by atoms with Gasteiger partial charge >= 0.3 is 0 Å². The van der Waals surface area contributed by atoms with Crippen LogP contribution in [0.1, 0.15) is 37.1 Å². The van der Waals surface area contributed by atoms with Crippen molar-refractivity contribution in [2.45, 2.75) is 32.0 Å². The van der Waals surface area contributed by atoms with E-state index in [1.165, 1.54) is 6.26 Å². The van der Waals surface area contributed by atoms with Crippen LogP contribution in [0.5, 0.6) is 0 Å². The molecule has 2 fully saturated rings. The molecule has 0 radical (unpaired) electrons. The minimum Gasteiger partial charge on any atom is -0.459 e. The number of ether oxygens (including phenoxy) is 1. The zero-order valence-corrected chi connectivity index (χ0v) is 18.5. The molecule has 2 unspecified atom stereocenters. The fraction of sp³-hybridized carbons (Fsp3) is 0.400. The molecule has 2 atom stereocenters. The maximum atomic E-state index is 13.4. The average Bonchev–Trinajstić information content (AvgIpc) is 3.54. The third-order valence-electron chi connectivity index (χ3n) is 6.32. The van der Waals surface area contributed by atoms with E-state index in [0.717, 1.165) is 5.56 Å². The van der Waals surface area contributed by atoms with Crippen LogP contribution in [0.25, 0.3) is 11.7 Å². The highest BCUT2D eigenvalue weighted by Crippen LogP contribution is 2.33. The number of nitrogens with zero attached hydrogens (tertiary/aromatic N) is 4. The molecule has 2 aliphatic rings. The number of anilines is 1. The molecule has 0 saturated carbocycles. The molecule has 170 valence electrons. The minimum absolute atomic E-state index is 0.0135.